The molecule has 0 aliphatic rings. The summed E-state index contributed by atoms with van der Waals surface area (Å²) in [6, 6.07) is 0. The Bertz CT molecular complexity index is 1690. The lowest BCUT2D eigenvalue weighted by Gasteiger charge is -2.21. The van der Waals surface area contributed by atoms with E-state index >= 15 is 0 Å². The molecule has 0 heterocycles. The number of carbonyl (C=O) groups excluding carboxylic acids is 4. The van der Waals surface area contributed by atoms with Crippen LogP contribution in [0, 0.1) is 23.7 Å². The number of hydrogen-bond acceptors (Lipinski definition) is 15. The molecule has 0 fully saturated rings. The van der Waals surface area contributed by atoms with E-state index in [1.54, 1.807) is 0 Å². The van der Waals surface area contributed by atoms with Crippen LogP contribution in [-0.4, -0.2) is 96.7 Å². The van der Waals surface area contributed by atoms with E-state index in [-0.39, 0.29) is 25.7 Å². The molecule has 17 nitrogen and oxygen atoms in total. The van der Waals surface area contributed by atoms with Crippen molar-refractivity contribution in [2.75, 3.05) is 39.6 Å². The van der Waals surface area contributed by atoms with Crippen LogP contribution in [0.2, 0.25) is 0 Å². The molecule has 498 valence electrons. The number of rotatable bonds is 62. The molecule has 84 heavy (non-hydrogen) atoms. The molecule has 0 aliphatic heterocycles. The van der Waals surface area contributed by atoms with E-state index in [0.29, 0.717) is 25.7 Å². The maximum atomic E-state index is 13.0. The number of aliphatic hydroxyl groups is 1. The van der Waals surface area contributed by atoms with Crippen molar-refractivity contribution in [3.63, 3.8) is 0 Å². The fraction of sp³-hybridized carbons (Fsp3) is 0.938. The van der Waals surface area contributed by atoms with Gasteiger partial charge in [0, 0.05) is 25.7 Å². The molecule has 0 amide bonds. The number of aliphatic hydroxyl groups excluding tert-OH is 1. The average molecular weight is 1240 g/mol. The number of phosphoric acid groups is 2. The molecule has 0 bridgehead atoms. The number of hydrogen-bond donors (Lipinski definition) is 3. The minimum atomic E-state index is -4.95. The summed E-state index contributed by atoms with van der Waals surface area (Å²) < 4.78 is 68.0. The van der Waals surface area contributed by atoms with Crippen LogP contribution in [-0.2, 0) is 65.4 Å². The highest BCUT2D eigenvalue weighted by atomic mass is 31.2. The van der Waals surface area contributed by atoms with Gasteiger partial charge in [-0.05, 0) is 49.4 Å². The zero-order chi connectivity index (χ0) is 62.5. The van der Waals surface area contributed by atoms with Gasteiger partial charge in [0.1, 0.15) is 19.3 Å². The van der Waals surface area contributed by atoms with Crippen molar-refractivity contribution in [1.29, 1.82) is 0 Å². The van der Waals surface area contributed by atoms with Crippen molar-refractivity contribution in [3.05, 3.63) is 0 Å². The maximum absolute atomic E-state index is 13.0. The largest absolute Gasteiger partial charge is 0.472 e. The molecule has 0 aliphatic carbocycles. The first kappa shape index (κ1) is 82.1. The summed E-state index contributed by atoms with van der Waals surface area (Å²) in [7, 11) is -9.89. The highest BCUT2D eigenvalue weighted by Crippen LogP contribution is 2.45. The molecule has 0 saturated heterocycles. The van der Waals surface area contributed by atoms with Crippen molar-refractivity contribution in [2.45, 2.75) is 331 Å². The van der Waals surface area contributed by atoms with Crippen LogP contribution in [0.4, 0.5) is 0 Å². The average Bonchev–Trinajstić information content (AvgIpc) is 3.48. The molecular formula is C65H126O17P2. The summed E-state index contributed by atoms with van der Waals surface area (Å²) in [6.45, 7) is 14.0. The van der Waals surface area contributed by atoms with Crippen LogP contribution in [0.15, 0.2) is 0 Å². The number of esters is 4. The van der Waals surface area contributed by atoms with Crippen molar-refractivity contribution in [1.82, 2.24) is 0 Å². The van der Waals surface area contributed by atoms with Crippen LogP contribution >= 0.6 is 15.6 Å². The van der Waals surface area contributed by atoms with Crippen LogP contribution in [0.25, 0.3) is 0 Å². The summed E-state index contributed by atoms with van der Waals surface area (Å²) in [5.41, 5.74) is 0. The quantitative estimate of drug-likeness (QED) is 0.0222. The SMILES string of the molecule is CCC(C)CCCCCCCCCCC(=O)OC[C@H](COP(=O)(O)OC[C@@H](O)COP(=O)(O)OC[C@@H](COC(=O)CCCCCCCCC(C)CC)OC(=O)CCCCCCCCCCC(C)CC)OC(=O)CCCCCCCCC(C)CC. The zero-order valence-corrected chi connectivity index (χ0v) is 56.3. The van der Waals surface area contributed by atoms with Gasteiger partial charge < -0.3 is 33.8 Å². The highest BCUT2D eigenvalue weighted by molar-refractivity contribution is 7.47. The Balaban J connectivity index is 5.27. The number of phosphoric ester groups is 2. The van der Waals surface area contributed by atoms with Gasteiger partial charge in [0.25, 0.3) is 0 Å². The highest BCUT2D eigenvalue weighted by Gasteiger charge is 2.30. The molecule has 0 rings (SSSR count). The molecule has 19 heteroatoms. The summed E-state index contributed by atoms with van der Waals surface area (Å²) in [5, 5.41) is 10.5. The fourth-order valence-electron chi connectivity index (χ4n) is 9.48. The van der Waals surface area contributed by atoms with E-state index < -0.39 is 97.5 Å². The second kappa shape index (κ2) is 55.2. The maximum Gasteiger partial charge on any atom is 0.472 e. The molecule has 0 aromatic heterocycles. The first-order chi connectivity index (χ1) is 40.2. The van der Waals surface area contributed by atoms with Crippen molar-refractivity contribution in [2.24, 2.45) is 23.7 Å². The summed E-state index contributed by atoms with van der Waals surface area (Å²) in [6.07, 6.45) is 34.8. The normalized spacial score (nSPS) is 15.7. The predicted molar refractivity (Wildman–Crippen MR) is 335 cm³/mol. The third kappa shape index (κ3) is 54.2. The van der Waals surface area contributed by atoms with Gasteiger partial charge in [-0.1, -0.05) is 261 Å². The van der Waals surface area contributed by atoms with Gasteiger partial charge in [-0.3, -0.25) is 37.3 Å². The zero-order valence-electron chi connectivity index (χ0n) is 54.5. The van der Waals surface area contributed by atoms with Gasteiger partial charge >= 0.3 is 39.5 Å². The summed E-state index contributed by atoms with van der Waals surface area (Å²) >= 11 is 0. The van der Waals surface area contributed by atoms with Crippen LogP contribution in [0.5, 0.6) is 0 Å². The van der Waals surface area contributed by atoms with Gasteiger partial charge in [0.2, 0.25) is 0 Å². The summed E-state index contributed by atoms with van der Waals surface area (Å²) in [5.74, 6) is 0.857. The molecule has 6 unspecified atom stereocenters. The molecule has 0 saturated carbocycles. The minimum absolute atomic E-state index is 0.102. The lowest BCUT2D eigenvalue weighted by atomic mass is 9.99. The van der Waals surface area contributed by atoms with E-state index in [1.807, 2.05) is 0 Å². The lowest BCUT2D eigenvalue weighted by molar-refractivity contribution is -0.161. The van der Waals surface area contributed by atoms with E-state index in [0.717, 1.165) is 120 Å². The molecule has 9 atom stereocenters. The Morgan fingerprint density at radius 1 is 0.321 bits per heavy atom. The first-order valence-electron chi connectivity index (χ1n) is 33.9. The third-order valence-electron chi connectivity index (χ3n) is 16.3. The third-order valence-corrected chi connectivity index (χ3v) is 18.2. The molecule has 3 N–H and O–H groups in total. The predicted octanol–water partition coefficient (Wildman–Crippen LogP) is 17.8. The van der Waals surface area contributed by atoms with E-state index in [1.165, 1.54) is 109 Å². The van der Waals surface area contributed by atoms with Gasteiger partial charge in [0.15, 0.2) is 12.2 Å². The smallest absolute Gasteiger partial charge is 0.462 e. The fourth-order valence-corrected chi connectivity index (χ4v) is 11.1. The van der Waals surface area contributed by atoms with Crippen molar-refractivity contribution < 1.29 is 80.2 Å². The number of ether oxygens (including phenoxy) is 4. The number of carbonyl (C=O) groups is 4. The van der Waals surface area contributed by atoms with E-state index in [4.69, 9.17) is 37.0 Å². The minimum Gasteiger partial charge on any atom is -0.462 e. The Labute approximate surface area is 511 Å². The second-order valence-electron chi connectivity index (χ2n) is 24.5. The monoisotopic (exact) mass is 1240 g/mol. The Morgan fingerprint density at radius 3 is 0.786 bits per heavy atom. The van der Waals surface area contributed by atoms with E-state index in [2.05, 4.69) is 55.4 Å². The lowest BCUT2D eigenvalue weighted by Crippen LogP contribution is -2.30. The number of unbranched alkanes of at least 4 members (excludes halogenated alkanes) is 24. The molecular weight excluding hydrogens is 1110 g/mol. The molecule has 0 aromatic rings. The topological polar surface area (TPSA) is 237 Å². The van der Waals surface area contributed by atoms with Crippen molar-refractivity contribution in [3.8, 4) is 0 Å². The molecule has 0 radical (unpaired) electrons. The van der Waals surface area contributed by atoms with Gasteiger partial charge in [-0.15, -0.1) is 0 Å². The van der Waals surface area contributed by atoms with Crippen LogP contribution in [0.1, 0.15) is 312 Å². The van der Waals surface area contributed by atoms with Crippen molar-refractivity contribution >= 4 is 39.5 Å². The second-order valence-corrected chi connectivity index (χ2v) is 27.4. The summed E-state index contributed by atoms with van der Waals surface area (Å²) in [4.78, 5) is 72.3. The van der Waals surface area contributed by atoms with Gasteiger partial charge in [-0.2, -0.15) is 0 Å². The van der Waals surface area contributed by atoms with Gasteiger partial charge in [0.05, 0.1) is 26.4 Å². The molecule has 0 aromatic carbocycles. The van der Waals surface area contributed by atoms with Gasteiger partial charge in [-0.25, -0.2) is 9.13 Å². The Hall–Kier alpha value is -1.94. The standard InChI is InChI=1S/C65H126O17P2/c1-9-55(5)41-33-25-17-13-15-19-29-37-45-62(67)75-51-61(82-65(70)48-40-32-24-22-28-36-44-58(8)12-4)54-80-84(73,74)78-50-59(66)49-77-83(71,72)79-53-60(52-76-63(68)46-38-30-23-21-27-35-43-57(7)11-3)81-64(69)47-39-31-20-16-14-18-26-34-42-56(6)10-2/h55-61,66H,9-54H2,1-8H3,(H,71,72)(H,73,74)/t55?,56?,57?,58?,59-,60+,61+/m0/s1. The Morgan fingerprint density at radius 2 is 0.536 bits per heavy atom. The molecule has 0 spiro atoms. The first-order valence-corrected chi connectivity index (χ1v) is 36.8. The van der Waals surface area contributed by atoms with E-state index in [9.17, 15) is 43.2 Å². The van der Waals surface area contributed by atoms with Crippen LogP contribution in [0.3, 0.4) is 0 Å². The van der Waals surface area contributed by atoms with Crippen LogP contribution < -0.4 is 0 Å². The Kier molecular flexibility index (Phi) is 53.9.